The summed E-state index contributed by atoms with van der Waals surface area (Å²) in [6.45, 7) is 11.0. The highest BCUT2D eigenvalue weighted by Crippen LogP contribution is 2.34. The third-order valence-corrected chi connectivity index (χ3v) is 5.60. The van der Waals surface area contributed by atoms with Crippen LogP contribution in [-0.4, -0.2) is 67.0 Å². The molecule has 2 fully saturated rings. The van der Waals surface area contributed by atoms with E-state index in [1.165, 1.54) is 11.1 Å². The van der Waals surface area contributed by atoms with Gasteiger partial charge in [-0.15, -0.1) is 0 Å². The van der Waals surface area contributed by atoms with Gasteiger partial charge in [0, 0.05) is 81.0 Å². The monoisotopic (exact) mass is 412 g/mol. The Hall–Kier alpha value is -2.54. The summed E-state index contributed by atoms with van der Waals surface area (Å²) in [5.74, 6) is 0.868. The molecule has 7 heteroatoms. The van der Waals surface area contributed by atoms with E-state index in [4.69, 9.17) is 9.47 Å². The second-order valence-corrected chi connectivity index (χ2v) is 9.03. The first-order chi connectivity index (χ1) is 14.4. The summed E-state index contributed by atoms with van der Waals surface area (Å²) in [5.41, 5.74) is 0.767. The van der Waals surface area contributed by atoms with Crippen molar-refractivity contribution in [3.8, 4) is 5.75 Å². The number of piperidine rings is 1. The van der Waals surface area contributed by atoms with Crippen molar-refractivity contribution in [2.24, 2.45) is 0 Å². The largest absolute Gasteiger partial charge is 0.490 e. The molecule has 7 nitrogen and oxygen atoms in total. The average molecular weight is 413 g/mol. The van der Waals surface area contributed by atoms with Gasteiger partial charge in [-0.1, -0.05) is 0 Å². The van der Waals surface area contributed by atoms with Crippen LogP contribution in [-0.2, 0) is 4.74 Å². The fourth-order valence-corrected chi connectivity index (χ4v) is 4.09. The Kier molecular flexibility index (Phi) is 5.99. The Balaban J connectivity index is 1.44. The summed E-state index contributed by atoms with van der Waals surface area (Å²) in [6.07, 6.45) is 5.16. The lowest BCUT2D eigenvalue weighted by Crippen LogP contribution is -2.44. The number of benzene rings is 1. The van der Waals surface area contributed by atoms with Crippen LogP contribution in [0.25, 0.3) is 10.8 Å². The highest BCUT2D eigenvalue weighted by Gasteiger charge is 2.28. The maximum atomic E-state index is 12.3. The van der Waals surface area contributed by atoms with Crippen LogP contribution in [0.15, 0.2) is 30.6 Å². The fraction of sp³-hybridized carbons (Fsp3) is 0.565. The van der Waals surface area contributed by atoms with Gasteiger partial charge < -0.3 is 24.6 Å². The molecule has 0 saturated carbocycles. The standard InChI is InChI=1S/C23H32N4O3/c1-23(2,3)30-22(28)27-12-7-17(8-13-27)29-21-5-4-20(26-14-10-24-11-15-26)18-6-9-25-16-19(18)21/h4-6,9,16-17,24H,7-8,10-15H2,1-3H3. The molecule has 2 saturated heterocycles. The minimum Gasteiger partial charge on any atom is -0.490 e. The van der Waals surface area contributed by atoms with E-state index in [2.05, 4.69) is 33.4 Å². The zero-order chi connectivity index (χ0) is 21.1. The van der Waals surface area contributed by atoms with E-state index in [0.29, 0.717) is 13.1 Å². The molecule has 2 aliphatic heterocycles. The third-order valence-electron chi connectivity index (χ3n) is 5.60. The summed E-state index contributed by atoms with van der Waals surface area (Å²) >= 11 is 0. The highest BCUT2D eigenvalue weighted by atomic mass is 16.6. The van der Waals surface area contributed by atoms with Crippen molar-refractivity contribution in [1.82, 2.24) is 15.2 Å². The number of fused-ring (bicyclic) bond motifs is 1. The molecule has 1 N–H and O–H groups in total. The first-order valence-corrected chi connectivity index (χ1v) is 10.9. The van der Waals surface area contributed by atoms with E-state index in [9.17, 15) is 4.79 Å². The van der Waals surface area contributed by atoms with Gasteiger partial charge in [0.25, 0.3) is 0 Å². The lowest BCUT2D eigenvalue weighted by molar-refractivity contribution is 0.0128. The second kappa shape index (κ2) is 8.68. The molecule has 0 atom stereocenters. The van der Waals surface area contributed by atoms with E-state index >= 15 is 0 Å². The molecular weight excluding hydrogens is 380 g/mol. The van der Waals surface area contributed by atoms with Gasteiger partial charge in [0.05, 0.1) is 0 Å². The van der Waals surface area contributed by atoms with Crippen LogP contribution in [0.1, 0.15) is 33.6 Å². The van der Waals surface area contributed by atoms with Gasteiger partial charge in [-0.25, -0.2) is 4.79 Å². The van der Waals surface area contributed by atoms with Crippen molar-refractivity contribution in [3.63, 3.8) is 0 Å². The highest BCUT2D eigenvalue weighted by molar-refractivity contribution is 5.97. The number of rotatable bonds is 3. The third kappa shape index (κ3) is 4.78. The van der Waals surface area contributed by atoms with Crippen molar-refractivity contribution in [2.75, 3.05) is 44.2 Å². The van der Waals surface area contributed by atoms with Crippen LogP contribution >= 0.6 is 0 Å². The molecule has 1 amide bonds. The van der Waals surface area contributed by atoms with Gasteiger partial charge in [0.1, 0.15) is 17.5 Å². The van der Waals surface area contributed by atoms with Crippen molar-refractivity contribution >= 4 is 22.6 Å². The van der Waals surface area contributed by atoms with Crippen LogP contribution in [0.5, 0.6) is 5.75 Å². The number of hydrogen-bond donors (Lipinski definition) is 1. The number of anilines is 1. The summed E-state index contributed by atoms with van der Waals surface area (Å²) < 4.78 is 11.9. The molecule has 0 radical (unpaired) electrons. The SMILES string of the molecule is CC(C)(C)OC(=O)N1CCC(Oc2ccc(N3CCNCC3)c3ccncc23)CC1. The number of likely N-dealkylation sites (tertiary alicyclic amines) is 1. The minimum atomic E-state index is -0.470. The normalized spacial score (nSPS) is 18.5. The number of hydrogen-bond acceptors (Lipinski definition) is 6. The maximum Gasteiger partial charge on any atom is 0.410 e. The molecule has 3 heterocycles. The Morgan fingerprint density at radius 1 is 1.07 bits per heavy atom. The lowest BCUT2D eigenvalue weighted by Gasteiger charge is -2.34. The number of piperazine rings is 1. The minimum absolute atomic E-state index is 0.0807. The van der Waals surface area contributed by atoms with Gasteiger partial charge in [-0.2, -0.15) is 0 Å². The average Bonchev–Trinajstić information content (AvgIpc) is 2.74. The van der Waals surface area contributed by atoms with Crippen molar-refractivity contribution in [1.29, 1.82) is 0 Å². The molecule has 30 heavy (non-hydrogen) atoms. The van der Waals surface area contributed by atoms with E-state index < -0.39 is 5.60 Å². The molecule has 0 unspecified atom stereocenters. The number of ether oxygens (including phenoxy) is 2. The van der Waals surface area contributed by atoms with Crippen LogP contribution in [0, 0.1) is 0 Å². The molecule has 0 aliphatic carbocycles. The second-order valence-electron chi connectivity index (χ2n) is 9.03. The van der Waals surface area contributed by atoms with E-state index in [0.717, 1.165) is 50.2 Å². The summed E-state index contributed by atoms with van der Waals surface area (Å²) in [5, 5.41) is 5.63. The van der Waals surface area contributed by atoms with Crippen LogP contribution in [0.4, 0.5) is 10.5 Å². The van der Waals surface area contributed by atoms with Gasteiger partial charge in [-0.3, -0.25) is 4.98 Å². The summed E-state index contributed by atoms with van der Waals surface area (Å²) in [4.78, 5) is 20.8. The predicted octanol–water partition coefficient (Wildman–Crippen LogP) is 3.42. The number of amides is 1. The summed E-state index contributed by atoms with van der Waals surface area (Å²) in [6, 6.07) is 6.31. The van der Waals surface area contributed by atoms with Gasteiger partial charge in [0.2, 0.25) is 0 Å². The molecule has 4 rings (SSSR count). The number of nitrogens with one attached hydrogen (secondary N) is 1. The Bertz CT molecular complexity index is 882. The molecule has 162 valence electrons. The predicted molar refractivity (Wildman–Crippen MR) is 118 cm³/mol. The number of carbonyl (C=O) groups is 1. The van der Waals surface area contributed by atoms with Gasteiger partial charge in [0.15, 0.2) is 0 Å². The zero-order valence-electron chi connectivity index (χ0n) is 18.2. The Labute approximate surface area is 178 Å². The lowest BCUT2D eigenvalue weighted by atomic mass is 10.1. The number of nitrogens with zero attached hydrogens (tertiary/aromatic N) is 3. The molecule has 1 aromatic carbocycles. The van der Waals surface area contributed by atoms with Crippen LogP contribution in [0.3, 0.4) is 0 Å². The molecule has 1 aromatic heterocycles. The van der Waals surface area contributed by atoms with Crippen molar-refractivity contribution in [2.45, 2.75) is 45.3 Å². The van der Waals surface area contributed by atoms with Crippen LogP contribution in [0.2, 0.25) is 0 Å². The molecule has 2 aromatic rings. The first-order valence-electron chi connectivity index (χ1n) is 10.9. The Morgan fingerprint density at radius 2 is 1.80 bits per heavy atom. The maximum absolute atomic E-state index is 12.3. The topological polar surface area (TPSA) is 66.9 Å². The number of pyridine rings is 1. The molecule has 2 aliphatic rings. The Morgan fingerprint density at radius 3 is 2.50 bits per heavy atom. The van der Waals surface area contributed by atoms with Crippen molar-refractivity contribution < 1.29 is 14.3 Å². The van der Waals surface area contributed by atoms with E-state index in [1.54, 1.807) is 4.90 Å². The summed E-state index contributed by atoms with van der Waals surface area (Å²) in [7, 11) is 0. The first kappa shape index (κ1) is 20.7. The quantitative estimate of drug-likeness (QED) is 0.833. The van der Waals surface area contributed by atoms with E-state index in [-0.39, 0.29) is 12.2 Å². The smallest absolute Gasteiger partial charge is 0.410 e. The molecular formula is C23H32N4O3. The van der Waals surface area contributed by atoms with Gasteiger partial charge in [-0.05, 0) is 39.0 Å². The van der Waals surface area contributed by atoms with Crippen LogP contribution < -0.4 is 15.0 Å². The molecule has 0 bridgehead atoms. The zero-order valence-corrected chi connectivity index (χ0v) is 18.2. The number of carbonyl (C=O) groups excluding carboxylic acids is 1. The van der Waals surface area contributed by atoms with E-state index in [1.807, 2.05) is 33.2 Å². The number of aromatic nitrogens is 1. The van der Waals surface area contributed by atoms with Crippen molar-refractivity contribution in [3.05, 3.63) is 30.6 Å². The fourth-order valence-electron chi connectivity index (χ4n) is 4.09. The van der Waals surface area contributed by atoms with Gasteiger partial charge >= 0.3 is 6.09 Å². The molecule has 0 spiro atoms.